The first-order chi connectivity index (χ1) is 11.7. The molecule has 0 aliphatic rings. The molecule has 0 atom stereocenters. The van der Waals surface area contributed by atoms with Crippen LogP contribution >= 0.6 is 0 Å². The molecule has 0 heterocycles. The van der Waals surface area contributed by atoms with Gasteiger partial charge >= 0.3 is 0 Å². The number of aryl methyl sites for hydroxylation is 2. The van der Waals surface area contributed by atoms with Crippen molar-refractivity contribution in [1.82, 2.24) is 0 Å². The highest BCUT2D eigenvalue weighted by Crippen LogP contribution is 2.12. The number of hydrogen-bond acceptors (Lipinski definition) is 0. The largest absolute Gasteiger partial charge is 0.0654 e. The van der Waals surface area contributed by atoms with Crippen LogP contribution in [0.2, 0.25) is 0 Å². The van der Waals surface area contributed by atoms with Crippen LogP contribution in [0.4, 0.5) is 0 Å². The summed E-state index contributed by atoms with van der Waals surface area (Å²) in [6.07, 6.45) is 20.4. The lowest BCUT2D eigenvalue weighted by Crippen LogP contribution is -1.82. The van der Waals surface area contributed by atoms with Crippen molar-refractivity contribution in [3.05, 3.63) is 35.4 Å². The Kier molecular flexibility index (Phi) is 18.0. The zero-order valence-electron chi connectivity index (χ0n) is 17.2. The predicted octanol–water partition coefficient (Wildman–Crippen LogP) is 8.79. The smallest absolute Gasteiger partial charge is 0.0395 e. The predicted molar refractivity (Wildman–Crippen MR) is 112 cm³/mol. The van der Waals surface area contributed by atoms with Crippen molar-refractivity contribution in [3.63, 3.8) is 0 Å². The molecule has 1 aromatic rings. The Bertz CT molecular complexity index is 318. The molecule has 0 heteroatoms. The first-order valence-corrected chi connectivity index (χ1v) is 10.7. The van der Waals surface area contributed by atoms with Crippen LogP contribution in [-0.2, 0) is 0 Å². The third kappa shape index (κ3) is 16.1. The van der Waals surface area contributed by atoms with E-state index in [-0.39, 0.29) is 0 Å². The van der Waals surface area contributed by atoms with Crippen LogP contribution in [0.25, 0.3) is 0 Å². The topological polar surface area (TPSA) is 0 Å². The molecule has 0 aromatic heterocycles. The van der Waals surface area contributed by atoms with Crippen molar-refractivity contribution in [2.45, 2.75) is 118 Å². The molecule has 0 aliphatic carbocycles. The molecule has 0 bridgehead atoms. The molecule has 0 aliphatic heterocycles. The Morgan fingerprint density at radius 1 is 0.458 bits per heavy atom. The minimum Gasteiger partial charge on any atom is -0.0654 e. The maximum atomic E-state index is 2.29. The summed E-state index contributed by atoms with van der Waals surface area (Å²) < 4.78 is 0. The highest BCUT2D eigenvalue weighted by Gasteiger charge is 1.92. The van der Waals surface area contributed by atoms with Crippen LogP contribution in [0.3, 0.4) is 0 Å². The van der Waals surface area contributed by atoms with Crippen molar-refractivity contribution in [2.24, 2.45) is 0 Å². The fraction of sp³-hybridized carbons (Fsp3) is 0.750. The summed E-state index contributed by atoms with van der Waals surface area (Å²) in [5.41, 5.74) is 2.74. The van der Waals surface area contributed by atoms with Crippen LogP contribution in [0.5, 0.6) is 0 Å². The molecule has 24 heavy (non-hydrogen) atoms. The van der Waals surface area contributed by atoms with Gasteiger partial charge in [0, 0.05) is 0 Å². The monoisotopic (exact) mass is 332 g/mol. The maximum Gasteiger partial charge on any atom is -0.0395 e. The van der Waals surface area contributed by atoms with E-state index in [9.17, 15) is 0 Å². The van der Waals surface area contributed by atoms with E-state index in [0.717, 1.165) is 0 Å². The van der Waals surface area contributed by atoms with E-state index in [0.29, 0.717) is 0 Å². The Balaban J connectivity index is 0.000000546. The Hall–Kier alpha value is -0.780. The molecule has 0 saturated carbocycles. The molecule has 0 amide bonds. The number of rotatable bonds is 13. The third-order valence-electron chi connectivity index (χ3n) is 4.88. The number of unbranched alkanes of at least 4 members (excludes halogenated alkanes) is 13. The van der Waals surface area contributed by atoms with Gasteiger partial charge in [-0.2, -0.15) is 0 Å². The van der Waals surface area contributed by atoms with Crippen LogP contribution in [-0.4, -0.2) is 0 Å². The summed E-state index contributed by atoms with van der Waals surface area (Å²) >= 11 is 0. The van der Waals surface area contributed by atoms with Gasteiger partial charge in [0.2, 0.25) is 0 Å². The molecular formula is C24H44. The van der Waals surface area contributed by atoms with Gasteiger partial charge in [-0.3, -0.25) is 0 Å². The van der Waals surface area contributed by atoms with E-state index in [1.165, 1.54) is 101 Å². The highest BCUT2D eigenvalue weighted by molar-refractivity contribution is 5.23. The van der Waals surface area contributed by atoms with Gasteiger partial charge in [-0.05, 0) is 25.0 Å². The minimum absolute atomic E-state index is 1.37. The molecule has 0 nitrogen and oxygen atoms in total. The van der Waals surface area contributed by atoms with Gasteiger partial charge in [0.25, 0.3) is 0 Å². The molecule has 1 rings (SSSR count). The molecule has 0 radical (unpaired) electrons. The standard InChI is InChI=1S/C16H34.C8H10/c1-3-5-7-9-11-13-15-16-14-12-10-8-6-4-2;1-7-5-3-4-6-8(7)2/h3-16H2,1-2H3;3-6H,1-2H3. The first-order valence-electron chi connectivity index (χ1n) is 10.7. The molecular weight excluding hydrogens is 288 g/mol. The average molecular weight is 333 g/mol. The molecule has 140 valence electrons. The van der Waals surface area contributed by atoms with E-state index < -0.39 is 0 Å². The maximum absolute atomic E-state index is 2.29. The second kappa shape index (κ2) is 18.6. The van der Waals surface area contributed by atoms with Crippen molar-refractivity contribution in [1.29, 1.82) is 0 Å². The molecule has 0 N–H and O–H groups in total. The SMILES string of the molecule is CCCCCCCCCCCCCCCC.Cc1ccccc1C. The summed E-state index contributed by atoms with van der Waals surface area (Å²) in [5, 5.41) is 0. The van der Waals surface area contributed by atoms with E-state index >= 15 is 0 Å². The van der Waals surface area contributed by atoms with E-state index in [4.69, 9.17) is 0 Å². The van der Waals surface area contributed by atoms with Gasteiger partial charge in [0.05, 0.1) is 0 Å². The van der Waals surface area contributed by atoms with Crippen molar-refractivity contribution >= 4 is 0 Å². The second-order valence-corrected chi connectivity index (χ2v) is 7.33. The molecule has 0 fully saturated rings. The van der Waals surface area contributed by atoms with Gasteiger partial charge in [-0.25, -0.2) is 0 Å². The summed E-state index contributed by atoms with van der Waals surface area (Å²) in [4.78, 5) is 0. The lowest BCUT2D eigenvalue weighted by molar-refractivity contribution is 0.538. The van der Waals surface area contributed by atoms with Gasteiger partial charge in [0.1, 0.15) is 0 Å². The lowest BCUT2D eigenvalue weighted by atomic mass is 10.0. The first kappa shape index (κ1) is 23.2. The third-order valence-corrected chi connectivity index (χ3v) is 4.88. The zero-order chi connectivity index (χ0) is 17.9. The van der Waals surface area contributed by atoms with E-state index in [1.807, 2.05) is 0 Å². The quantitative estimate of drug-likeness (QED) is 0.316. The summed E-state index contributed by atoms with van der Waals surface area (Å²) in [6, 6.07) is 8.36. The van der Waals surface area contributed by atoms with E-state index in [1.54, 1.807) is 0 Å². The lowest BCUT2D eigenvalue weighted by Gasteiger charge is -2.02. The van der Waals surface area contributed by atoms with Gasteiger partial charge in [-0.15, -0.1) is 0 Å². The Morgan fingerprint density at radius 3 is 0.917 bits per heavy atom. The van der Waals surface area contributed by atoms with Crippen LogP contribution in [0, 0.1) is 13.8 Å². The highest BCUT2D eigenvalue weighted by atomic mass is 14.0. The Labute approximate surface area is 153 Å². The van der Waals surface area contributed by atoms with Gasteiger partial charge in [0.15, 0.2) is 0 Å². The fourth-order valence-electron chi connectivity index (χ4n) is 2.93. The normalized spacial score (nSPS) is 10.3. The number of benzene rings is 1. The summed E-state index contributed by atoms with van der Waals surface area (Å²) in [6.45, 7) is 8.82. The van der Waals surface area contributed by atoms with Crippen LogP contribution in [0.1, 0.15) is 115 Å². The summed E-state index contributed by atoms with van der Waals surface area (Å²) in [5.74, 6) is 0. The van der Waals surface area contributed by atoms with Gasteiger partial charge < -0.3 is 0 Å². The van der Waals surface area contributed by atoms with Crippen molar-refractivity contribution in [3.8, 4) is 0 Å². The van der Waals surface area contributed by atoms with Crippen LogP contribution < -0.4 is 0 Å². The fourth-order valence-corrected chi connectivity index (χ4v) is 2.93. The molecule has 0 unspecified atom stereocenters. The van der Waals surface area contributed by atoms with Crippen molar-refractivity contribution in [2.75, 3.05) is 0 Å². The molecule has 0 saturated heterocycles. The molecule has 1 aromatic carbocycles. The summed E-state index contributed by atoms with van der Waals surface area (Å²) in [7, 11) is 0. The van der Waals surface area contributed by atoms with Crippen molar-refractivity contribution < 1.29 is 0 Å². The number of hydrogen-bond donors (Lipinski definition) is 0. The minimum atomic E-state index is 1.37. The zero-order valence-corrected chi connectivity index (χ0v) is 17.2. The Morgan fingerprint density at radius 2 is 0.708 bits per heavy atom. The van der Waals surface area contributed by atoms with Gasteiger partial charge in [-0.1, -0.05) is 128 Å². The average Bonchev–Trinajstić information content (AvgIpc) is 2.59. The second-order valence-electron chi connectivity index (χ2n) is 7.33. The molecule has 0 spiro atoms. The van der Waals surface area contributed by atoms with E-state index in [2.05, 4.69) is 52.0 Å². The van der Waals surface area contributed by atoms with Crippen LogP contribution in [0.15, 0.2) is 24.3 Å².